The lowest BCUT2D eigenvalue weighted by atomic mass is 9.65. The number of carbonyl (C=O) groups is 3. The molecule has 40 heavy (non-hydrogen) atoms. The summed E-state index contributed by atoms with van der Waals surface area (Å²) in [6.45, 7) is 15.4. The van der Waals surface area contributed by atoms with Gasteiger partial charge in [0.25, 0.3) is 5.91 Å². The fourth-order valence-electron chi connectivity index (χ4n) is 7.10. The van der Waals surface area contributed by atoms with E-state index in [4.69, 9.17) is 9.47 Å². The van der Waals surface area contributed by atoms with Crippen molar-refractivity contribution in [3.05, 3.63) is 54.6 Å². The number of aliphatic hydroxyl groups excluding tert-OH is 1. The monoisotopic (exact) mass is 552 g/mol. The van der Waals surface area contributed by atoms with E-state index in [0.29, 0.717) is 25.7 Å². The van der Waals surface area contributed by atoms with Gasteiger partial charge in [0.1, 0.15) is 17.6 Å². The molecule has 1 aromatic carbocycles. The van der Waals surface area contributed by atoms with Gasteiger partial charge in [-0.3, -0.25) is 14.4 Å². The molecule has 0 aliphatic carbocycles. The number of esters is 1. The molecule has 1 aromatic rings. The number of aliphatic hydroxyl groups is 1. The van der Waals surface area contributed by atoms with Gasteiger partial charge in [-0.25, -0.2) is 0 Å². The highest BCUT2D eigenvalue weighted by Gasteiger charge is 2.79. The summed E-state index contributed by atoms with van der Waals surface area (Å²) in [7, 11) is 0. The van der Waals surface area contributed by atoms with Crippen molar-refractivity contribution in [3.8, 4) is 0 Å². The molecule has 3 saturated heterocycles. The van der Waals surface area contributed by atoms with Gasteiger partial charge in [0.15, 0.2) is 0 Å². The van der Waals surface area contributed by atoms with Crippen LogP contribution >= 0.6 is 0 Å². The number of aryl methyl sites for hydroxylation is 2. The summed E-state index contributed by atoms with van der Waals surface area (Å²) in [5.41, 5.74) is 0.605. The van der Waals surface area contributed by atoms with Gasteiger partial charge in [-0.15, -0.1) is 13.2 Å². The lowest BCUT2D eigenvalue weighted by Crippen LogP contribution is -2.58. The summed E-state index contributed by atoms with van der Waals surface area (Å²) in [6.07, 6.45) is 7.46. The van der Waals surface area contributed by atoms with Crippen LogP contribution in [0.3, 0.4) is 0 Å². The predicted molar refractivity (Wildman–Crippen MR) is 154 cm³/mol. The Hall–Kier alpha value is -2.97. The third-order valence-corrected chi connectivity index (χ3v) is 9.13. The second-order valence-electron chi connectivity index (χ2n) is 11.6. The van der Waals surface area contributed by atoms with Crippen LogP contribution in [0.2, 0.25) is 0 Å². The summed E-state index contributed by atoms with van der Waals surface area (Å²) in [5, 5.41) is 10.2. The van der Waals surface area contributed by atoms with Crippen LogP contribution in [-0.4, -0.2) is 70.8 Å². The maximum atomic E-state index is 14.6. The van der Waals surface area contributed by atoms with E-state index in [2.05, 4.69) is 13.2 Å². The maximum Gasteiger partial charge on any atom is 0.312 e. The highest BCUT2D eigenvalue weighted by Crippen LogP contribution is 2.65. The van der Waals surface area contributed by atoms with E-state index in [-0.39, 0.29) is 31.6 Å². The minimum atomic E-state index is -1.18. The standard InChI is InChI=1S/C32H44N2O6/c1-7-10-11-12-18-39-30(38)26-25-28(36)34(23(6)20-35)27(32(25)16-15-31(26,9-3)40-32)29(37)33(17-8-2)24-19-21(4)13-14-22(24)5/h7-8,13-14,19,23,25-27,35H,1-2,9-12,15-18,20H2,3-6H3/t23-,25+,26+,27?,31-,32?/m1/s1. The van der Waals surface area contributed by atoms with E-state index in [1.165, 1.54) is 4.90 Å². The molecule has 3 aliphatic rings. The van der Waals surface area contributed by atoms with Gasteiger partial charge in [-0.05, 0) is 76.5 Å². The second kappa shape index (κ2) is 11.9. The minimum Gasteiger partial charge on any atom is -0.465 e. The molecule has 2 amide bonds. The molecule has 1 N–H and O–H groups in total. The normalized spacial score (nSPS) is 29.3. The van der Waals surface area contributed by atoms with Crippen LogP contribution in [0.25, 0.3) is 0 Å². The van der Waals surface area contributed by atoms with Crippen molar-refractivity contribution >= 4 is 23.5 Å². The zero-order valence-corrected chi connectivity index (χ0v) is 24.4. The van der Waals surface area contributed by atoms with Crippen molar-refractivity contribution in [2.75, 3.05) is 24.7 Å². The number of hydrogen-bond acceptors (Lipinski definition) is 6. The highest BCUT2D eigenvalue weighted by molar-refractivity contribution is 6.05. The third-order valence-electron chi connectivity index (χ3n) is 9.13. The zero-order chi connectivity index (χ0) is 29.2. The molecular formula is C32H44N2O6. The lowest BCUT2D eigenvalue weighted by Gasteiger charge is -2.39. The first-order chi connectivity index (χ1) is 19.1. The number of amides is 2. The number of allylic oxidation sites excluding steroid dienone is 1. The second-order valence-corrected chi connectivity index (χ2v) is 11.6. The Morgan fingerprint density at radius 3 is 2.65 bits per heavy atom. The van der Waals surface area contributed by atoms with E-state index in [0.717, 1.165) is 29.7 Å². The van der Waals surface area contributed by atoms with Crippen molar-refractivity contribution in [1.29, 1.82) is 0 Å². The van der Waals surface area contributed by atoms with E-state index in [1.807, 2.05) is 45.0 Å². The number of nitrogens with zero attached hydrogens (tertiary/aromatic N) is 2. The average molecular weight is 553 g/mol. The van der Waals surface area contributed by atoms with Crippen LogP contribution in [0.1, 0.15) is 63.5 Å². The fraction of sp³-hybridized carbons (Fsp3) is 0.594. The number of carbonyl (C=O) groups excluding carboxylic acids is 3. The van der Waals surface area contributed by atoms with Crippen molar-refractivity contribution < 1.29 is 29.0 Å². The van der Waals surface area contributed by atoms with Gasteiger partial charge in [-0.2, -0.15) is 0 Å². The van der Waals surface area contributed by atoms with Crippen molar-refractivity contribution in [2.24, 2.45) is 11.8 Å². The summed E-state index contributed by atoms with van der Waals surface area (Å²) in [5.74, 6) is -2.73. The number of ether oxygens (including phenoxy) is 2. The first-order valence-corrected chi connectivity index (χ1v) is 14.5. The predicted octanol–water partition coefficient (Wildman–Crippen LogP) is 4.26. The van der Waals surface area contributed by atoms with Crippen LogP contribution in [0, 0.1) is 25.7 Å². The molecule has 2 bridgehead atoms. The van der Waals surface area contributed by atoms with Gasteiger partial charge >= 0.3 is 5.97 Å². The van der Waals surface area contributed by atoms with Crippen LogP contribution in [0.5, 0.6) is 0 Å². The average Bonchev–Trinajstić information content (AvgIpc) is 3.55. The number of fused-ring (bicyclic) bond motifs is 1. The Balaban J connectivity index is 1.76. The first kappa shape index (κ1) is 30.0. The number of rotatable bonds is 13. The van der Waals surface area contributed by atoms with E-state index in [9.17, 15) is 19.5 Å². The molecule has 3 fully saturated rings. The SMILES string of the molecule is C=CCCCCOC(=O)[C@@H]1[C@H]2C(=O)N([C@H](C)CO)C(C(=O)N(CC=C)c3cc(C)ccc3C)C23CC[C@@]1(CC)O3. The topological polar surface area (TPSA) is 96.4 Å². The minimum absolute atomic E-state index is 0.241. The molecule has 1 spiro atoms. The van der Waals surface area contributed by atoms with Crippen LogP contribution in [-0.2, 0) is 23.9 Å². The molecule has 2 unspecified atom stereocenters. The van der Waals surface area contributed by atoms with Gasteiger partial charge in [0, 0.05) is 12.2 Å². The Bertz CT molecular complexity index is 1170. The fourth-order valence-corrected chi connectivity index (χ4v) is 7.10. The Morgan fingerprint density at radius 1 is 1.25 bits per heavy atom. The molecule has 3 heterocycles. The molecule has 8 heteroatoms. The highest BCUT2D eigenvalue weighted by atomic mass is 16.6. The van der Waals surface area contributed by atoms with E-state index < -0.39 is 41.1 Å². The Kier molecular flexibility index (Phi) is 8.90. The molecular weight excluding hydrogens is 508 g/mol. The smallest absolute Gasteiger partial charge is 0.312 e. The van der Waals surface area contributed by atoms with Crippen LogP contribution < -0.4 is 4.90 Å². The van der Waals surface area contributed by atoms with E-state index >= 15 is 0 Å². The van der Waals surface area contributed by atoms with E-state index in [1.54, 1.807) is 17.9 Å². The Labute approximate surface area is 238 Å². The lowest BCUT2D eigenvalue weighted by molar-refractivity contribution is -0.162. The van der Waals surface area contributed by atoms with Crippen molar-refractivity contribution in [2.45, 2.75) is 89.5 Å². The van der Waals surface area contributed by atoms with Gasteiger partial charge in [0.2, 0.25) is 5.91 Å². The maximum absolute atomic E-state index is 14.6. The number of unbranched alkanes of at least 4 members (excludes halogenated alkanes) is 2. The Morgan fingerprint density at radius 2 is 2.00 bits per heavy atom. The number of likely N-dealkylation sites (tertiary alicyclic amines) is 1. The molecule has 4 rings (SSSR count). The largest absolute Gasteiger partial charge is 0.465 e. The van der Waals surface area contributed by atoms with Crippen LogP contribution in [0.15, 0.2) is 43.5 Å². The summed E-state index contributed by atoms with van der Waals surface area (Å²) in [4.78, 5) is 45.6. The molecule has 0 saturated carbocycles. The summed E-state index contributed by atoms with van der Waals surface area (Å²) < 4.78 is 12.5. The summed E-state index contributed by atoms with van der Waals surface area (Å²) >= 11 is 0. The van der Waals surface area contributed by atoms with Crippen molar-refractivity contribution in [3.63, 3.8) is 0 Å². The van der Waals surface area contributed by atoms with Crippen LogP contribution in [0.4, 0.5) is 5.69 Å². The van der Waals surface area contributed by atoms with Gasteiger partial charge in [-0.1, -0.05) is 31.2 Å². The molecule has 3 aliphatic heterocycles. The third kappa shape index (κ3) is 4.79. The zero-order valence-electron chi connectivity index (χ0n) is 24.4. The van der Waals surface area contributed by atoms with Crippen molar-refractivity contribution in [1.82, 2.24) is 4.90 Å². The van der Waals surface area contributed by atoms with Gasteiger partial charge < -0.3 is 24.4 Å². The number of anilines is 1. The molecule has 8 nitrogen and oxygen atoms in total. The molecule has 6 atom stereocenters. The van der Waals surface area contributed by atoms with Gasteiger partial charge in [0.05, 0.1) is 30.8 Å². The number of hydrogen-bond donors (Lipinski definition) is 1. The molecule has 0 radical (unpaired) electrons. The molecule has 218 valence electrons. The molecule has 0 aromatic heterocycles. The quantitative estimate of drug-likeness (QED) is 0.223. The first-order valence-electron chi connectivity index (χ1n) is 14.5. The summed E-state index contributed by atoms with van der Waals surface area (Å²) in [6, 6.07) is 4.28. The number of benzene rings is 1.